The van der Waals surface area contributed by atoms with Gasteiger partial charge in [0.15, 0.2) is 12.5 Å². The zero-order valence-electron chi connectivity index (χ0n) is 18.5. The van der Waals surface area contributed by atoms with Crippen molar-refractivity contribution >= 4 is 23.9 Å². The van der Waals surface area contributed by atoms with E-state index in [0.717, 1.165) is 5.56 Å². The van der Waals surface area contributed by atoms with E-state index >= 15 is 0 Å². The number of carboxylic acids is 1. The van der Waals surface area contributed by atoms with Gasteiger partial charge < -0.3 is 24.6 Å². The van der Waals surface area contributed by atoms with Gasteiger partial charge in [0.1, 0.15) is 18.0 Å². The van der Waals surface area contributed by atoms with Gasteiger partial charge >= 0.3 is 17.7 Å². The summed E-state index contributed by atoms with van der Waals surface area (Å²) >= 11 is 0. The topological polar surface area (TPSA) is 141 Å². The molecule has 0 saturated carbocycles. The van der Waals surface area contributed by atoms with Gasteiger partial charge in [-0.2, -0.15) is 4.98 Å². The van der Waals surface area contributed by atoms with Gasteiger partial charge in [-0.25, -0.2) is 9.59 Å². The highest BCUT2D eigenvalue weighted by Crippen LogP contribution is 2.40. The van der Waals surface area contributed by atoms with E-state index in [-0.39, 0.29) is 18.7 Å². The molecule has 0 spiro atoms. The van der Waals surface area contributed by atoms with Crippen molar-refractivity contribution in [3.63, 3.8) is 0 Å². The summed E-state index contributed by atoms with van der Waals surface area (Å²) < 4.78 is 19.3. The minimum absolute atomic E-state index is 0.0939. The van der Waals surface area contributed by atoms with Crippen LogP contribution in [0, 0.1) is 0 Å². The number of rotatable bonds is 8. The molecule has 2 amide bonds. The fourth-order valence-electron chi connectivity index (χ4n) is 3.92. The molecule has 11 nitrogen and oxygen atoms in total. The molecule has 2 saturated heterocycles. The van der Waals surface area contributed by atoms with Gasteiger partial charge in [0.2, 0.25) is 0 Å². The monoisotopic (exact) mass is 470 g/mol. The first kappa shape index (κ1) is 23.6. The van der Waals surface area contributed by atoms with Crippen molar-refractivity contribution in [1.29, 1.82) is 0 Å². The normalized spacial score (nSPS) is 25.9. The van der Waals surface area contributed by atoms with Crippen molar-refractivity contribution in [3.05, 3.63) is 64.7 Å². The molecular formula is C23H26N4O7. The molecule has 2 aliphatic rings. The summed E-state index contributed by atoms with van der Waals surface area (Å²) in [4.78, 5) is 39.4. The Morgan fingerprint density at radius 3 is 2.62 bits per heavy atom. The van der Waals surface area contributed by atoms with E-state index in [1.807, 2.05) is 36.4 Å². The van der Waals surface area contributed by atoms with Gasteiger partial charge in [0.05, 0.1) is 6.10 Å². The molecule has 2 aliphatic heterocycles. The molecule has 0 radical (unpaired) electrons. The second kappa shape index (κ2) is 10.6. The number of carboxylic acid groups (broad SMARTS) is 1. The lowest BCUT2D eigenvalue weighted by molar-refractivity contribution is -0.141. The molecule has 11 heteroatoms. The molecule has 34 heavy (non-hydrogen) atoms. The van der Waals surface area contributed by atoms with Crippen molar-refractivity contribution in [1.82, 2.24) is 14.9 Å². The van der Waals surface area contributed by atoms with Crippen LogP contribution >= 0.6 is 0 Å². The molecule has 4 rings (SSSR count). The lowest BCUT2D eigenvalue weighted by atomic mass is 10.1. The number of ether oxygens (including phenoxy) is 3. The van der Waals surface area contributed by atoms with Crippen LogP contribution in [0.25, 0.3) is 6.08 Å². The van der Waals surface area contributed by atoms with Crippen LogP contribution in [0.15, 0.2) is 53.5 Å². The van der Waals surface area contributed by atoms with Gasteiger partial charge in [0, 0.05) is 19.2 Å². The maximum Gasteiger partial charge on any atom is 0.351 e. The molecule has 0 aliphatic carbocycles. The Morgan fingerprint density at radius 1 is 1.15 bits per heavy atom. The summed E-state index contributed by atoms with van der Waals surface area (Å²) in [6.07, 6.45) is 1.83. The number of nitrogens with one attached hydrogen (secondary N) is 2. The van der Waals surface area contributed by atoms with Crippen LogP contribution in [-0.2, 0) is 19.0 Å². The maximum atomic E-state index is 12.7. The van der Waals surface area contributed by atoms with Gasteiger partial charge in [0.25, 0.3) is 0 Å². The van der Waals surface area contributed by atoms with Gasteiger partial charge in [-0.3, -0.25) is 14.7 Å². The van der Waals surface area contributed by atoms with Crippen LogP contribution in [0.3, 0.4) is 0 Å². The van der Waals surface area contributed by atoms with Crippen molar-refractivity contribution in [2.75, 3.05) is 11.9 Å². The van der Waals surface area contributed by atoms with Crippen molar-refractivity contribution in [2.45, 2.75) is 50.6 Å². The number of urea groups is 1. The van der Waals surface area contributed by atoms with Crippen molar-refractivity contribution in [3.8, 4) is 0 Å². The number of aliphatic carboxylic acids is 1. The Balaban J connectivity index is 1.52. The lowest BCUT2D eigenvalue weighted by Gasteiger charge is -2.20. The molecule has 3 N–H and O–H groups in total. The summed E-state index contributed by atoms with van der Waals surface area (Å²) in [6, 6.07) is 10.6. The number of carbonyl (C=O) groups excluding carboxylic acids is 1. The number of amides is 2. The molecule has 1 unspecified atom stereocenters. The molecule has 5 atom stereocenters. The minimum Gasteiger partial charge on any atom is -0.481 e. The number of hydrogen-bond acceptors (Lipinski definition) is 7. The Labute approximate surface area is 195 Å². The summed E-state index contributed by atoms with van der Waals surface area (Å²) in [5, 5.41) is 14.1. The summed E-state index contributed by atoms with van der Waals surface area (Å²) in [5.74, 6) is -0.862. The van der Waals surface area contributed by atoms with Crippen LogP contribution in [0.2, 0.25) is 0 Å². The molecule has 180 valence electrons. The van der Waals surface area contributed by atoms with Gasteiger partial charge in [-0.15, -0.1) is 0 Å². The van der Waals surface area contributed by atoms with E-state index in [0.29, 0.717) is 6.54 Å². The van der Waals surface area contributed by atoms with E-state index in [2.05, 4.69) is 15.6 Å². The standard InChI is InChI=1S/C23H26N4O7/c1-2-24-22(30)25-16-12-13-27(23(31)26-16)21-20-19(15(32-21)9-10-17(28)29)33-18(34-20)11-8-14-6-4-3-5-7-14/h3-8,11-13,15,18-21H,2,9-10H2,1H3,(H,28,29)(H2,24,25,26,30,31)/t15-,18+,19?,20+,21-/m1/s1. The number of aromatic nitrogens is 2. The Hall–Kier alpha value is -3.54. The predicted molar refractivity (Wildman–Crippen MR) is 121 cm³/mol. The number of anilines is 1. The van der Waals surface area contributed by atoms with E-state index in [4.69, 9.17) is 19.3 Å². The SMILES string of the molecule is CCNC(=O)Nc1ccn([C@@H]2O[C@H](CCC(=O)O)C3O[C@H](C=Cc4ccccc4)O[C@@H]32)c(=O)n1. The maximum absolute atomic E-state index is 12.7. The van der Waals surface area contributed by atoms with Gasteiger partial charge in [-0.05, 0) is 31.1 Å². The van der Waals surface area contributed by atoms with Crippen LogP contribution in [0.1, 0.15) is 31.6 Å². The molecule has 1 aromatic heterocycles. The summed E-state index contributed by atoms with van der Waals surface area (Å²) in [7, 11) is 0. The van der Waals surface area contributed by atoms with E-state index < -0.39 is 48.5 Å². The Bertz CT molecular complexity index is 1100. The third-order valence-corrected chi connectivity index (χ3v) is 5.44. The number of nitrogens with zero attached hydrogens (tertiary/aromatic N) is 2. The highest BCUT2D eigenvalue weighted by atomic mass is 16.8. The van der Waals surface area contributed by atoms with Crippen molar-refractivity contribution in [2.24, 2.45) is 0 Å². The minimum atomic E-state index is -0.956. The molecule has 1 aromatic carbocycles. The number of benzene rings is 1. The van der Waals surface area contributed by atoms with Gasteiger partial charge in [-0.1, -0.05) is 36.4 Å². The Morgan fingerprint density at radius 2 is 1.91 bits per heavy atom. The largest absolute Gasteiger partial charge is 0.481 e. The first-order valence-corrected chi connectivity index (χ1v) is 11.0. The molecule has 0 bridgehead atoms. The van der Waals surface area contributed by atoms with E-state index in [9.17, 15) is 14.4 Å². The fourth-order valence-corrected chi connectivity index (χ4v) is 3.92. The molecule has 2 aromatic rings. The average molecular weight is 470 g/mol. The lowest BCUT2D eigenvalue weighted by Crippen LogP contribution is -2.35. The van der Waals surface area contributed by atoms with Crippen LogP contribution in [0.5, 0.6) is 0 Å². The van der Waals surface area contributed by atoms with Crippen LogP contribution in [-0.4, -0.2) is 57.8 Å². The number of hydrogen-bond donors (Lipinski definition) is 3. The molecule has 3 heterocycles. The second-order valence-corrected chi connectivity index (χ2v) is 7.82. The molecule has 2 fully saturated rings. The third kappa shape index (κ3) is 5.50. The quantitative estimate of drug-likeness (QED) is 0.532. The smallest absolute Gasteiger partial charge is 0.351 e. The number of fused-ring (bicyclic) bond motifs is 1. The zero-order chi connectivity index (χ0) is 24.1. The van der Waals surface area contributed by atoms with Crippen LogP contribution in [0.4, 0.5) is 10.6 Å². The van der Waals surface area contributed by atoms with E-state index in [1.165, 1.54) is 16.8 Å². The first-order valence-electron chi connectivity index (χ1n) is 11.0. The number of carbonyl (C=O) groups is 2. The zero-order valence-corrected chi connectivity index (χ0v) is 18.5. The highest BCUT2D eigenvalue weighted by Gasteiger charge is 2.53. The summed E-state index contributed by atoms with van der Waals surface area (Å²) in [6.45, 7) is 2.20. The first-order chi connectivity index (χ1) is 16.4. The predicted octanol–water partition coefficient (Wildman–Crippen LogP) is 1.97. The second-order valence-electron chi connectivity index (χ2n) is 7.82. The van der Waals surface area contributed by atoms with Crippen molar-refractivity contribution < 1.29 is 28.9 Å². The highest BCUT2D eigenvalue weighted by molar-refractivity contribution is 5.87. The summed E-state index contributed by atoms with van der Waals surface area (Å²) in [5.41, 5.74) is 0.321. The van der Waals surface area contributed by atoms with E-state index in [1.54, 1.807) is 13.0 Å². The molecular weight excluding hydrogens is 444 g/mol. The third-order valence-electron chi connectivity index (χ3n) is 5.44. The fraction of sp³-hybridized carbons (Fsp3) is 0.391. The Kier molecular flexibility index (Phi) is 7.36. The average Bonchev–Trinajstić information content (AvgIpc) is 3.37. The van der Waals surface area contributed by atoms with Crippen LogP contribution < -0.4 is 16.3 Å².